The van der Waals surface area contributed by atoms with Crippen LogP contribution in [0.2, 0.25) is 0 Å². The Bertz CT molecular complexity index is 287. The maximum absolute atomic E-state index is 12.5. The Morgan fingerprint density at radius 3 is 1.93 bits per heavy atom. The SMILES string of the molecule is O=C(O)C1(C2(O)CC(CF)(CF)C2)CC1. The minimum atomic E-state index is -1.39. The van der Waals surface area contributed by atoms with Crippen molar-refractivity contribution in [2.24, 2.45) is 10.8 Å². The van der Waals surface area contributed by atoms with Crippen molar-refractivity contribution >= 4 is 5.97 Å². The summed E-state index contributed by atoms with van der Waals surface area (Å²) in [6.07, 6.45) is 0.680. The first-order valence-electron chi connectivity index (χ1n) is 5.01. The van der Waals surface area contributed by atoms with Crippen LogP contribution in [0.4, 0.5) is 8.78 Å². The van der Waals surface area contributed by atoms with Crippen LogP contribution < -0.4 is 0 Å². The van der Waals surface area contributed by atoms with Gasteiger partial charge in [-0.25, -0.2) is 0 Å². The van der Waals surface area contributed by atoms with Crippen LogP contribution >= 0.6 is 0 Å². The molecule has 2 rings (SSSR count). The lowest BCUT2D eigenvalue weighted by Crippen LogP contribution is -2.61. The third-order valence-electron chi connectivity index (χ3n) is 3.95. The third-order valence-corrected chi connectivity index (χ3v) is 3.95. The molecule has 0 radical (unpaired) electrons. The number of carbonyl (C=O) groups is 1. The highest BCUT2D eigenvalue weighted by Gasteiger charge is 2.72. The highest BCUT2D eigenvalue weighted by Crippen LogP contribution is 2.66. The minimum Gasteiger partial charge on any atom is -0.481 e. The van der Waals surface area contributed by atoms with E-state index in [2.05, 4.69) is 0 Å². The van der Waals surface area contributed by atoms with Crippen molar-refractivity contribution in [3.63, 3.8) is 0 Å². The predicted octanol–water partition coefficient (Wildman–Crippen LogP) is 1.30. The molecule has 0 saturated heterocycles. The highest BCUT2D eigenvalue weighted by atomic mass is 19.1. The van der Waals surface area contributed by atoms with Crippen LogP contribution in [0.3, 0.4) is 0 Å². The van der Waals surface area contributed by atoms with E-state index in [1.807, 2.05) is 0 Å². The van der Waals surface area contributed by atoms with E-state index in [1.165, 1.54) is 0 Å². The van der Waals surface area contributed by atoms with Gasteiger partial charge in [0.15, 0.2) is 0 Å². The summed E-state index contributed by atoms with van der Waals surface area (Å²) in [7, 11) is 0. The monoisotopic (exact) mass is 220 g/mol. The average molecular weight is 220 g/mol. The maximum atomic E-state index is 12.5. The van der Waals surface area contributed by atoms with Crippen LogP contribution in [-0.4, -0.2) is 35.1 Å². The molecule has 0 aromatic rings. The second-order valence-corrected chi connectivity index (χ2v) is 5.04. The van der Waals surface area contributed by atoms with E-state index in [4.69, 9.17) is 5.11 Å². The van der Waals surface area contributed by atoms with E-state index < -0.39 is 35.7 Å². The molecule has 2 N–H and O–H groups in total. The number of aliphatic carboxylic acids is 1. The second kappa shape index (κ2) is 2.90. The quantitative estimate of drug-likeness (QED) is 0.750. The van der Waals surface area contributed by atoms with Crippen LogP contribution in [0.15, 0.2) is 0 Å². The van der Waals surface area contributed by atoms with Gasteiger partial charge >= 0.3 is 5.97 Å². The van der Waals surface area contributed by atoms with E-state index >= 15 is 0 Å². The van der Waals surface area contributed by atoms with Crippen LogP contribution in [0, 0.1) is 10.8 Å². The van der Waals surface area contributed by atoms with Crippen molar-refractivity contribution < 1.29 is 23.8 Å². The fourth-order valence-corrected chi connectivity index (χ4v) is 2.76. The third kappa shape index (κ3) is 1.22. The lowest BCUT2D eigenvalue weighted by molar-refractivity contribution is -0.199. The predicted molar refractivity (Wildman–Crippen MR) is 47.9 cm³/mol. The Labute approximate surface area is 86.1 Å². The number of aliphatic hydroxyl groups is 1. The summed E-state index contributed by atoms with van der Waals surface area (Å²) in [6.45, 7) is -1.66. The standard InChI is InChI=1S/C10H14F2O3/c11-5-8(6-12)3-10(15,4-8)9(1-2-9)7(13)14/h15H,1-6H2,(H,13,14). The summed E-state index contributed by atoms with van der Waals surface area (Å²) in [5.41, 5.74) is -3.64. The van der Waals surface area contributed by atoms with Crippen molar-refractivity contribution in [3.8, 4) is 0 Å². The number of hydrogen-bond donors (Lipinski definition) is 2. The summed E-state index contributed by atoms with van der Waals surface area (Å²) in [4.78, 5) is 11.0. The first kappa shape index (κ1) is 10.8. The van der Waals surface area contributed by atoms with Crippen LogP contribution in [0.5, 0.6) is 0 Å². The molecule has 15 heavy (non-hydrogen) atoms. The lowest BCUT2D eigenvalue weighted by Gasteiger charge is -2.53. The number of rotatable bonds is 4. The van der Waals surface area contributed by atoms with Gasteiger partial charge in [-0.2, -0.15) is 0 Å². The van der Waals surface area contributed by atoms with Gasteiger partial charge in [-0.05, 0) is 25.7 Å². The summed E-state index contributed by atoms with van der Waals surface area (Å²) in [5, 5.41) is 19.0. The van der Waals surface area contributed by atoms with Crippen LogP contribution in [0.25, 0.3) is 0 Å². The van der Waals surface area contributed by atoms with Gasteiger partial charge < -0.3 is 10.2 Å². The van der Waals surface area contributed by atoms with Gasteiger partial charge in [-0.1, -0.05) is 0 Å². The van der Waals surface area contributed by atoms with Crippen LogP contribution in [0.1, 0.15) is 25.7 Å². The molecule has 0 bridgehead atoms. The molecule has 5 heteroatoms. The molecule has 2 fully saturated rings. The van der Waals surface area contributed by atoms with Crippen molar-refractivity contribution in [1.82, 2.24) is 0 Å². The lowest BCUT2D eigenvalue weighted by atomic mass is 9.54. The van der Waals surface area contributed by atoms with Gasteiger partial charge in [0.05, 0.1) is 24.4 Å². The molecule has 2 saturated carbocycles. The molecular formula is C10H14F2O3. The molecule has 0 unspecified atom stereocenters. The number of carboxylic acids is 1. The van der Waals surface area contributed by atoms with Crippen LogP contribution in [-0.2, 0) is 4.79 Å². The molecule has 2 aliphatic carbocycles. The zero-order valence-electron chi connectivity index (χ0n) is 8.30. The highest BCUT2D eigenvalue weighted by molar-refractivity contribution is 5.80. The molecule has 0 atom stereocenters. The average Bonchev–Trinajstić information content (AvgIpc) is 2.93. The Balaban J connectivity index is 2.11. The molecule has 0 aliphatic heterocycles. The molecule has 0 aromatic heterocycles. The van der Waals surface area contributed by atoms with Crippen molar-refractivity contribution in [1.29, 1.82) is 0 Å². The topological polar surface area (TPSA) is 57.5 Å². The van der Waals surface area contributed by atoms with Gasteiger partial charge in [0.1, 0.15) is 0 Å². The normalized spacial score (nSPS) is 29.3. The largest absolute Gasteiger partial charge is 0.481 e. The van der Waals surface area contributed by atoms with Crippen molar-refractivity contribution in [2.75, 3.05) is 13.3 Å². The summed E-state index contributed by atoms with van der Waals surface area (Å²) in [5.74, 6) is -1.05. The summed E-state index contributed by atoms with van der Waals surface area (Å²) in [6, 6.07) is 0. The van der Waals surface area contributed by atoms with E-state index in [9.17, 15) is 18.7 Å². The smallest absolute Gasteiger partial charge is 0.312 e. The van der Waals surface area contributed by atoms with Crippen molar-refractivity contribution in [2.45, 2.75) is 31.3 Å². The zero-order chi connectivity index (χ0) is 11.3. The Kier molecular flexibility index (Phi) is 2.09. The Morgan fingerprint density at radius 2 is 1.67 bits per heavy atom. The number of carboxylic acid groups (broad SMARTS) is 1. The van der Waals surface area contributed by atoms with Crippen molar-refractivity contribution in [3.05, 3.63) is 0 Å². The fraction of sp³-hybridized carbons (Fsp3) is 0.900. The van der Waals surface area contributed by atoms with E-state index in [0.29, 0.717) is 12.8 Å². The van der Waals surface area contributed by atoms with E-state index in [-0.39, 0.29) is 12.8 Å². The first-order chi connectivity index (χ1) is 6.94. The Morgan fingerprint density at radius 1 is 1.20 bits per heavy atom. The minimum absolute atomic E-state index is 0.0701. The fourth-order valence-electron chi connectivity index (χ4n) is 2.76. The van der Waals surface area contributed by atoms with E-state index in [1.54, 1.807) is 0 Å². The van der Waals surface area contributed by atoms with Gasteiger partial charge in [-0.15, -0.1) is 0 Å². The molecule has 0 aromatic carbocycles. The van der Waals surface area contributed by atoms with Gasteiger partial charge in [-0.3, -0.25) is 13.6 Å². The summed E-state index contributed by atoms with van der Waals surface area (Å²) >= 11 is 0. The molecule has 2 aliphatic rings. The van der Waals surface area contributed by atoms with Gasteiger partial charge in [0.2, 0.25) is 0 Å². The molecular weight excluding hydrogens is 206 g/mol. The van der Waals surface area contributed by atoms with Gasteiger partial charge in [0, 0.05) is 5.41 Å². The zero-order valence-corrected chi connectivity index (χ0v) is 8.30. The maximum Gasteiger partial charge on any atom is 0.312 e. The summed E-state index contributed by atoms with van der Waals surface area (Å²) < 4.78 is 25.1. The molecule has 0 amide bonds. The van der Waals surface area contributed by atoms with Gasteiger partial charge in [0.25, 0.3) is 0 Å². The first-order valence-corrected chi connectivity index (χ1v) is 5.01. The second-order valence-electron chi connectivity index (χ2n) is 5.04. The molecule has 86 valence electrons. The number of alkyl halides is 2. The Hall–Kier alpha value is -0.710. The number of hydrogen-bond acceptors (Lipinski definition) is 2. The van der Waals surface area contributed by atoms with E-state index in [0.717, 1.165) is 0 Å². The number of halogens is 2. The molecule has 0 spiro atoms. The molecule has 0 heterocycles. The molecule has 3 nitrogen and oxygen atoms in total.